The SMILES string of the molecule is COc1ccc(S(=O)(=O)C2CCN(C(=O)c3cccc(NS(=O)(=O)c4cccc(F)c4)c3)CC2)cc1. The molecule has 1 amide bonds. The van der Waals surface area contributed by atoms with Crippen LogP contribution in [0.5, 0.6) is 5.75 Å². The third kappa shape index (κ3) is 5.52. The number of sulfone groups is 1. The number of carbonyl (C=O) groups is 1. The molecule has 0 atom stereocenters. The number of carbonyl (C=O) groups excluding carboxylic acids is 1. The third-order valence-electron chi connectivity index (χ3n) is 6.02. The van der Waals surface area contributed by atoms with Crippen molar-refractivity contribution in [3.05, 3.63) is 84.2 Å². The molecule has 36 heavy (non-hydrogen) atoms. The Kier molecular flexibility index (Phi) is 7.32. The number of piperidine rings is 1. The lowest BCUT2D eigenvalue weighted by molar-refractivity contribution is 0.0725. The van der Waals surface area contributed by atoms with Crippen LogP contribution in [-0.4, -0.2) is 53.1 Å². The van der Waals surface area contributed by atoms with Crippen molar-refractivity contribution in [1.82, 2.24) is 4.90 Å². The Hall–Kier alpha value is -3.44. The van der Waals surface area contributed by atoms with Gasteiger partial charge < -0.3 is 9.64 Å². The number of nitrogens with zero attached hydrogens (tertiary/aromatic N) is 1. The maximum absolute atomic E-state index is 13.5. The molecular formula is C25H25FN2O6S2. The van der Waals surface area contributed by atoms with E-state index >= 15 is 0 Å². The van der Waals surface area contributed by atoms with Crippen LogP contribution >= 0.6 is 0 Å². The van der Waals surface area contributed by atoms with Gasteiger partial charge in [-0.1, -0.05) is 12.1 Å². The lowest BCUT2D eigenvalue weighted by Crippen LogP contribution is -2.42. The number of benzene rings is 3. The summed E-state index contributed by atoms with van der Waals surface area (Å²) in [6.07, 6.45) is 0.567. The third-order valence-corrected chi connectivity index (χ3v) is 9.68. The molecule has 0 saturated carbocycles. The van der Waals surface area contributed by atoms with Crippen LogP contribution in [0.1, 0.15) is 23.2 Å². The van der Waals surface area contributed by atoms with Crippen molar-refractivity contribution in [3.8, 4) is 5.75 Å². The van der Waals surface area contributed by atoms with Crippen molar-refractivity contribution in [2.24, 2.45) is 0 Å². The van der Waals surface area contributed by atoms with Crippen molar-refractivity contribution in [2.45, 2.75) is 27.9 Å². The van der Waals surface area contributed by atoms with Crippen molar-refractivity contribution < 1.29 is 30.8 Å². The van der Waals surface area contributed by atoms with Crippen molar-refractivity contribution in [3.63, 3.8) is 0 Å². The molecule has 4 rings (SSSR count). The zero-order valence-electron chi connectivity index (χ0n) is 19.4. The average Bonchev–Trinajstić information content (AvgIpc) is 2.88. The van der Waals surface area contributed by atoms with Crippen molar-refractivity contribution in [1.29, 1.82) is 0 Å². The number of anilines is 1. The number of amides is 1. The van der Waals surface area contributed by atoms with Crippen LogP contribution in [0.4, 0.5) is 10.1 Å². The van der Waals surface area contributed by atoms with Gasteiger partial charge in [-0.2, -0.15) is 0 Å². The number of ether oxygens (including phenoxy) is 1. The van der Waals surface area contributed by atoms with Gasteiger partial charge in [-0.05, 0) is 73.5 Å². The molecule has 1 fully saturated rings. The summed E-state index contributed by atoms with van der Waals surface area (Å²) in [5.74, 6) is -0.448. The number of halogens is 1. The Morgan fingerprint density at radius 1 is 0.917 bits per heavy atom. The number of rotatable bonds is 7. The Labute approximate surface area is 209 Å². The van der Waals surface area contributed by atoms with E-state index in [1.54, 1.807) is 23.1 Å². The van der Waals surface area contributed by atoms with Gasteiger partial charge in [0.15, 0.2) is 9.84 Å². The van der Waals surface area contributed by atoms with Gasteiger partial charge in [-0.15, -0.1) is 0 Å². The van der Waals surface area contributed by atoms with Gasteiger partial charge in [0.1, 0.15) is 11.6 Å². The van der Waals surface area contributed by atoms with Gasteiger partial charge in [0.05, 0.1) is 22.2 Å². The summed E-state index contributed by atoms with van der Waals surface area (Å²) in [6, 6.07) is 16.8. The van der Waals surface area contributed by atoms with Gasteiger partial charge >= 0.3 is 0 Å². The fraction of sp³-hybridized carbons (Fsp3) is 0.240. The number of nitrogens with one attached hydrogen (secondary N) is 1. The van der Waals surface area contributed by atoms with E-state index in [0.29, 0.717) is 5.75 Å². The van der Waals surface area contributed by atoms with Crippen LogP contribution in [0, 0.1) is 5.82 Å². The second-order valence-corrected chi connectivity index (χ2v) is 12.3. The number of methoxy groups -OCH3 is 1. The van der Waals surface area contributed by atoms with Gasteiger partial charge in [0.25, 0.3) is 15.9 Å². The highest BCUT2D eigenvalue weighted by molar-refractivity contribution is 7.92. The fourth-order valence-corrected chi connectivity index (χ4v) is 6.89. The minimum absolute atomic E-state index is 0.155. The van der Waals surface area contributed by atoms with E-state index in [1.807, 2.05) is 0 Å². The molecule has 0 bridgehead atoms. The van der Waals surface area contributed by atoms with Gasteiger partial charge in [-0.25, -0.2) is 21.2 Å². The molecule has 1 heterocycles. The lowest BCUT2D eigenvalue weighted by Gasteiger charge is -2.32. The van der Waals surface area contributed by atoms with E-state index in [0.717, 1.165) is 12.1 Å². The second kappa shape index (κ2) is 10.3. The predicted octanol–water partition coefficient (Wildman–Crippen LogP) is 3.71. The monoisotopic (exact) mass is 532 g/mol. The van der Waals surface area contributed by atoms with E-state index < -0.39 is 30.9 Å². The van der Waals surface area contributed by atoms with Crippen LogP contribution in [0.3, 0.4) is 0 Å². The maximum atomic E-state index is 13.5. The van der Waals surface area contributed by atoms with Crippen LogP contribution in [0.2, 0.25) is 0 Å². The van der Waals surface area contributed by atoms with E-state index in [4.69, 9.17) is 4.74 Å². The summed E-state index contributed by atoms with van der Waals surface area (Å²) in [7, 11) is -6.10. The standard InChI is InChI=1S/C25H25FN2O6S2/c1-34-21-8-10-22(11-9-21)35(30,31)23-12-14-28(15-13-23)25(29)18-4-2-6-20(16-18)27-36(32,33)24-7-3-5-19(26)17-24/h2-11,16-17,23,27H,12-15H2,1H3. The summed E-state index contributed by atoms with van der Waals surface area (Å²) >= 11 is 0. The summed E-state index contributed by atoms with van der Waals surface area (Å²) in [6.45, 7) is 0.496. The van der Waals surface area contributed by atoms with Crippen LogP contribution in [0.25, 0.3) is 0 Å². The topological polar surface area (TPSA) is 110 Å². The molecule has 190 valence electrons. The number of hydrogen-bond acceptors (Lipinski definition) is 6. The molecule has 0 aliphatic carbocycles. The molecular weight excluding hydrogens is 507 g/mol. The summed E-state index contributed by atoms with van der Waals surface area (Å²) in [5.41, 5.74) is 0.410. The minimum Gasteiger partial charge on any atom is -0.497 e. The van der Waals surface area contributed by atoms with Crippen LogP contribution in [0.15, 0.2) is 82.6 Å². The second-order valence-electron chi connectivity index (χ2n) is 8.36. The first-order valence-electron chi connectivity index (χ1n) is 11.2. The van der Waals surface area contributed by atoms with E-state index in [9.17, 15) is 26.0 Å². The fourth-order valence-electron chi connectivity index (χ4n) is 4.07. The maximum Gasteiger partial charge on any atom is 0.261 e. The van der Waals surface area contributed by atoms with Crippen molar-refractivity contribution >= 4 is 31.5 Å². The van der Waals surface area contributed by atoms with Gasteiger partial charge in [0.2, 0.25) is 0 Å². The summed E-state index contributed by atoms with van der Waals surface area (Å²) in [4.78, 5) is 14.6. The van der Waals surface area contributed by atoms with E-state index in [2.05, 4.69) is 4.72 Å². The number of likely N-dealkylation sites (tertiary alicyclic amines) is 1. The van der Waals surface area contributed by atoms with E-state index in [-0.39, 0.29) is 52.9 Å². The van der Waals surface area contributed by atoms with E-state index in [1.165, 1.54) is 49.6 Å². The molecule has 1 N–H and O–H groups in total. The zero-order valence-corrected chi connectivity index (χ0v) is 21.1. The first-order valence-corrected chi connectivity index (χ1v) is 14.2. The summed E-state index contributed by atoms with van der Waals surface area (Å²) < 4.78 is 72.1. The highest BCUT2D eigenvalue weighted by atomic mass is 32.2. The lowest BCUT2D eigenvalue weighted by atomic mass is 10.1. The number of sulfonamides is 1. The molecule has 1 saturated heterocycles. The average molecular weight is 533 g/mol. The Morgan fingerprint density at radius 3 is 2.22 bits per heavy atom. The number of hydrogen-bond donors (Lipinski definition) is 1. The quantitative estimate of drug-likeness (QED) is 0.497. The normalized spacial score (nSPS) is 14.9. The van der Waals surface area contributed by atoms with Crippen LogP contribution in [-0.2, 0) is 19.9 Å². The minimum atomic E-state index is -4.05. The molecule has 0 spiro atoms. The highest BCUT2D eigenvalue weighted by Gasteiger charge is 2.33. The Bertz CT molecular complexity index is 1470. The highest BCUT2D eigenvalue weighted by Crippen LogP contribution is 2.27. The van der Waals surface area contributed by atoms with Gasteiger partial charge in [0, 0.05) is 24.3 Å². The molecule has 1 aliphatic heterocycles. The zero-order chi connectivity index (χ0) is 25.9. The summed E-state index contributed by atoms with van der Waals surface area (Å²) in [5, 5.41) is -0.612. The molecule has 0 radical (unpaired) electrons. The molecule has 0 unspecified atom stereocenters. The first-order chi connectivity index (χ1) is 17.1. The largest absolute Gasteiger partial charge is 0.497 e. The van der Waals surface area contributed by atoms with Crippen LogP contribution < -0.4 is 9.46 Å². The molecule has 3 aromatic rings. The predicted molar refractivity (Wildman–Crippen MR) is 133 cm³/mol. The Balaban J connectivity index is 1.43. The first kappa shape index (κ1) is 25.6. The molecule has 8 nitrogen and oxygen atoms in total. The molecule has 3 aromatic carbocycles. The molecule has 1 aliphatic rings. The van der Waals surface area contributed by atoms with Crippen molar-refractivity contribution in [2.75, 3.05) is 24.9 Å². The van der Waals surface area contributed by atoms with Gasteiger partial charge in [-0.3, -0.25) is 9.52 Å². The molecule has 0 aromatic heterocycles. The molecule has 11 heteroatoms. The Morgan fingerprint density at radius 2 is 1.58 bits per heavy atom. The smallest absolute Gasteiger partial charge is 0.261 e.